The molecule has 4 heteroatoms. The van der Waals surface area contributed by atoms with E-state index in [4.69, 9.17) is 0 Å². The minimum absolute atomic E-state index is 0.0217. The van der Waals surface area contributed by atoms with Gasteiger partial charge < -0.3 is 10.0 Å². The van der Waals surface area contributed by atoms with Crippen LogP contribution in [0.2, 0.25) is 0 Å². The first kappa shape index (κ1) is 20.5. The molecule has 30 heavy (non-hydrogen) atoms. The zero-order valence-corrected chi connectivity index (χ0v) is 19.0. The van der Waals surface area contributed by atoms with Crippen molar-refractivity contribution in [1.82, 2.24) is 4.90 Å². The molecule has 1 heterocycles. The van der Waals surface area contributed by atoms with Crippen LogP contribution >= 0.6 is 0 Å². The van der Waals surface area contributed by atoms with Crippen molar-refractivity contribution in [3.05, 3.63) is 23.4 Å². The van der Waals surface area contributed by atoms with Crippen molar-refractivity contribution in [2.24, 2.45) is 34.5 Å². The van der Waals surface area contributed by atoms with Crippen molar-refractivity contribution >= 4 is 11.6 Å². The second-order valence-corrected chi connectivity index (χ2v) is 11.4. The summed E-state index contributed by atoms with van der Waals surface area (Å²) in [5.74, 6) is 0.500. The zero-order chi connectivity index (χ0) is 21.5. The van der Waals surface area contributed by atoms with E-state index in [-0.39, 0.29) is 40.7 Å². The largest absolute Gasteiger partial charge is 0.381 e. The molecule has 0 unspecified atom stereocenters. The molecular weight excluding hydrogens is 374 g/mol. The van der Waals surface area contributed by atoms with E-state index >= 15 is 0 Å². The third-order valence-electron chi connectivity index (χ3n) is 10.1. The molecule has 5 rings (SSSR count). The normalized spacial score (nSPS) is 47.9. The number of carbonyl (C=O) groups is 2. The lowest BCUT2D eigenvalue weighted by molar-refractivity contribution is -0.169. The van der Waals surface area contributed by atoms with Gasteiger partial charge in [0, 0.05) is 42.0 Å². The maximum atomic E-state index is 13.7. The van der Waals surface area contributed by atoms with Gasteiger partial charge >= 0.3 is 0 Å². The monoisotopic (exact) mass is 411 g/mol. The molecule has 0 aromatic rings. The van der Waals surface area contributed by atoms with Gasteiger partial charge in [-0.25, -0.2) is 0 Å². The zero-order valence-electron chi connectivity index (χ0n) is 19.0. The summed E-state index contributed by atoms with van der Waals surface area (Å²) in [7, 11) is 0. The van der Waals surface area contributed by atoms with E-state index in [0.29, 0.717) is 6.42 Å². The lowest BCUT2D eigenvalue weighted by Gasteiger charge is -2.57. The van der Waals surface area contributed by atoms with Gasteiger partial charge in [-0.2, -0.15) is 0 Å². The number of Topliss-reactive ketones (excluding diaryl/α,β-unsaturated/α-hetero) is 2. The molecule has 0 radical (unpaired) electrons. The molecule has 0 aromatic carbocycles. The van der Waals surface area contributed by atoms with Gasteiger partial charge in [0.1, 0.15) is 11.4 Å². The van der Waals surface area contributed by atoms with Crippen LogP contribution in [-0.2, 0) is 9.59 Å². The fourth-order valence-electron chi connectivity index (χ4n) is 8.48. The summed E-state index contributed by atoms with van der Waals surface area (Å²) in [6.07, 6.45) is 11.5. The molecule has 3 fully saturated rings. The Kier molecular flexibility index (Phi) is 4.47. The highest BCUT2D eigenvalue weighted by Crippen LogP contribution is 2.67. The Morgan fingerprint density at radius 1 is 1.23 bits per heavy atom. The number of aliphatic hydroxyl groups is 1. The van der Waals surface area contributed by atoms with Gasteiger partial charge in [0.25, 0.3) is 0 Å². The van der Waals surface area contributed by atoms with Crippen molar-refractivity contribution in [3.8, 4) is 0 Å². The molecule has 4 aliphatic carbocycles. The number of fused-ring (bicyclic) bond motifs is 5. The average molecular weight is 412 g/mol. The molecule has 1 N–H and O–H groups in total. The summed E-state index contributed by atoms with van der Waals surface area (Å²) < 4.78 is 0. The lowest BCUT2D eigenvalue weighted by Crippen LogP contribution is -2.60. The second-order valence-electron chi connectivity index (χ2n) is 11.4. The molecule has 2 saturated carbocycles. The van der Waals surface area contributed by atoms with Crippen molar-refractivity contribution in [2.75, 3.05) is 13.1 Å². The predicted molar refractivity (Wildman–Crippen MR) is 117 cm³/mol. The fraction of sp³-hybridized carbons (Fsp3) is 0.769. The van der Waals surface area contributed by atoms with E-state index in [1.807, 2.05) is 13.8 Å². The van der Waals surface area contributed by atoms with Crippen LogP contribution < -0.4 is 0 Å². The van der Waals surface area contributed by atoms with E-state index < -0.39 is 11.0 Å². The molecule has 0 aromatic heterocycles. The number of carbonyl (C=O) groups excluding carboxylic acids is 2. The molecule has 5 aliphatic rings. The van der Waals surface area contributed by atoms with Crippen molar-refractivity contribution in [2.45, 2.75) is 78.2 Å². The highest BCUT2D eigenvalue weighted by atomic mass is 16.3. The van der Waals surface area contributed by atoms with Gasteiger partial charge in [0.2, 0.25) is 0 Å². The van der Waals surface area contributed by atoms with E-state index in [2.05, 4.69) is 24.0 Å². The lowest BCUT2D eigenvalue weighted by atomic mass is 9.47. The van der Waals surface area contributed by atoms with Crippen molar-refractivity contribution in [3.63, 3.8) is 0 Å². The first-order chi connectivity index (χ1) is 14.1. The number of ketones is 2. The SMILES string of the molecule is CC(=O)[C@@]1(O)[C@@H](C)C[C@H]2[C@@H]3CC=C4C=C(N5CCCC5)CC[C@]4(C)[C@H]3C(=O)C[C@@]21C. The average Bonchev–Trinajstić information content (AvgIpc) is 3.29. The van der Waals surface area contributed by atoms with Crippen LogP contribution in [-0.4, -0.2) is 40.3 Å². The fourth-order valence-corrected chi connectivity index (χ4v) is 8.48. The Bertz CT molecular complexity index is 852. The third-order valence-corrected chi connectivity index (χ3v) is 10.1. The molecule has 0 amide bonds. The molecule has 4 nitrogen and oxygen atoms in total. The maximum Gasteiger partial charge on any atom is 0.162 e. The van der Waals surface area contributed by atoms with Crippen LogP contribution in [0.5, 0.6) is 0 Å². The summed E-state index contributed by atoms with van der Waals surface area (Å²) in [5, 5.41) is 11.5. The first-order valence-electron chi connectivity index (χ1n) is 12.0. The van der Waals surface area contributed by atoms with E-state index in [1.165, 1.54) is 44.1 Å². The standard InChI is InChI=1S/C26H37NO3/c1-16-13-21-20-8-7-18-14-19(27-11-5-6-12-27)9-10-24(18,3)23(20)22(29)15-25(21,4)26(16,30)17(2)28/h7,14,16,20-21,23,30H,5-6,8-13,15H2,1-4H3/t16-,20-,21-,23+,24-,25-,26-/m0/s1. The van der Waals surface area contributed by atoms with Crippen LogP contribution in [0.1, 0.15) is 72.6 Å². The summed E-state index contributed by atoms with van der Waals surface area (Å²) >= 11 is 0. The number of hydrogen-bond donors (Lipinski definition) is 1. The van der Waals surface area contributed by atoms with E-state index in [1.54, 1.807) is 0 Å². The van der Waals surface area contributed by atoms with Crippen LogP contribution in [0, 0.1) is 34.5 Å². The summed E-state index contributed by atoms with van der Waals surface area (Å²) in [4.78, 5) is 28.8. The molecule has 7 atom stereocenters. The van der Waals surface area contributed by atoms with Crippen LogP contribution in [0.15, 0.2) is 23.4 Å². The van der Waals surface area contributed by atoms with Gasteiger partial charge in [0.15, 0.2) is 5.78 Å². The minimum atomic E-state index is -1.38. The topological polar surface area (TPSA) is 57.6 Å². The maximum absolute atomic E-state index is 13.7. The van der Waals surface area contributed by atoms with Gasteiger partial charge in [-0.15, -0.1) is 0 Å². The summed E-state index contributed by atoms with van der Waals surface area (Å²) in [5.41, 5.74) is 0.706. The smallest absolute Gasteiger partial charge is 0.162 e. The Morgan fingerprint density at radius 3 is 2.60 bits per heavy atom. The van der Waals surface area contributed by atoms with E-state index in [0.717, 1.165) is 25.7 Å². The van der Waals surface area contributed by atoms with Crippen LogP contribution in [0.4, 0.5) is 0 Å². The molecule has 1 saturated heterocycles. The van der Waals surface area contributed by atoms with Gasteiger partial charge in [-0.3, -0.25) is 9.59 Å². The Balaban J connectivity index is 1.53. The van der Waals surface area contributed by atoms with Crippen LogP contribution in [0.3, 0.4) is 0 Å². The summed E-state index contributed by atoms with van der Waals surface area (Å²) in [6, 6.07) is 0. The Labute approximate surface area is 180 Å². The molecular formula is C26H37NO3. The quantitative estimate of drug-likeness (QED) is 0.737. The van der Waals surface area contributed by atoms with Crippen molar-refractivity contribution < 1.29 is 14.7 Å². The summed E-state index contributed by atoms with van der Waals surface area (Å²) in [6.45, 7) is 10.2. The third kappa shape index (κ3) is 2.43. The minimum Gasteiger partial charge on any atom is -0.381 e. The highest BCUT2D eigenvalue weighted by Gasteiger charge is 2.69. The molecule has 1 aliphatic heterocycles. The molecule has 0 spiro atoms. The number of allylic oxidation sites excluding steroid dienone is 4. The number of nitrogens with zero attached hydrogens (tertiary/aromatic N) is 1. The number of likely N-dealkylation sites (tertiary alicyclic amines) is 1. The first-order valence-corrected chi connectivity index (χ1v) is 12.0. The van der Waals surface area contributed by atoms with Gasteiger partial charge in [-0.1, -0.05) is 26.8 Å². The Morgan fingerprint density at radius 2 is 1.93 bits per heavy atom. The number of rotatable bonds is 2. The van der Waals surface area contributed by atoms with E-state index in [9.17, 15) is 14.7 Å². The van der Waals surface area contributed by atoms with Gasteiger partial charge in [-0.05, 0) is 74.9 Å². The van der Waals surface area contributed by atoms with Gasteiger partial charge in [0.05, 0.1) is 0 Å². The van der Waals surface area contributed by atoms with Crippen LogP contribution in [0.25, 0.3) is 0 Å². The predicted octanol–water partition coefficient (Wildman–Crippen LogP) is 4.28. The van der Waals surface area contributed by atoms with Crippen molar-refractivity contribution in [1.29, 1.82) is 0 Å². The second kappa shape index (κ2) is 6.54. The molecule has 0 bridgehead atoms. The number of hydrogen-bond acceptors (Lipinski definition) is 4. The Hall–Kier alpha value is -1.42. The molecule has 164 valence electrons. The highest BCUT2D eigenvalue weighted by molar-refractivity contribution is 5.91.